The summed E-state index contributed by atoms with van der Waals surface area (Å²) in [5.41, 5.74) is 0. The summed E-state index contributed by atoms with van der Waals surface area (Å²) in [6, 6.07) is 0. The number of halogens is 2. The van der Waals surface area contributed by atoms with Crippen LogP contribution in [0.1, 0.15) is 47.3 Å². The van der Waals surface area contributed by atoms with Crippen LogP contribution in [0.15, 0.2) is 20.2 Å². The smallest absolute Gasteiger partial charge is 0.174 e. The molecule has 0 saturated carbocycles. The van der Waals surface area contributed by atoms with Gasteiger partial charge in [0, 0.05) is 12.6 Å². The first kappa shape index (κ1) is 17.9. The highest BCUT2D eigenvalue weighted by molar-refractivity contribution is 9.11. The van der Waals surface area contributed by atoms with E-state index in [9.17, 15) is 9.90 Å². The molecule has 0 aliphatic heterocycles. The van der Waals surface area contributed by atoms with Crippen molar-refractivity contribution in [3.05, 3.63) is 30.0 Å². The van der Waals surface area contributed by atoms with E-state index in [0.717, 1.165) is 24.0 Å². The molecule has 1 N–H and O–H groups in total. The van der Waals surface area contributed by atoms with Gasteiger partial charge in [-0.05, 0) is 38.3 Å². The number of hydrogen-bond acceptors (Lipinski definition) is 6. The number of hydrogen-bond donors (Lipinski definition) is 1. The maximum Gasteiger partial charge on any atom is 0.174 e. The van der Waals surface area contributed by atoms with Crippen LogP contribution in [0.3, 0.4) is 0 Å². The van der Waals surface area contributed by atoms with Crippen LogP contribution in [0, 0.1) is 0 Å². The van der Waals surface area contributed by atoms with Crippen molar-refractivity contribution in [2.75, 3.05) is 0 Å². The van der Waals surface area contributed by atoms with Crippen LogP contribution >= 0.6 is 54.5 Å². The van der Waals surface area contributed by atoms with Gasteiger partial charge < -0.3 is 5.11 Å². The van der Waals surface area contributed by atoms with Gasteiger partial charge in [0.05, 0.1) is 22.1 Å². The van der Waals surface area contributed by atoms with E-state index in [1.807, 2.05) is 13.8 Å². The van der Waals surface area contributed by atoms with Gasteiger partial charge >= 0.3 is 0 Å². The van der Waals surface area contributed by atoms with Crippen molar-refractivity contribution in [1.29, 1.82) is 0 Å². The topological polar surface area (TPSA) is 63.1 Å². The number of carbonyl (C=O) groups is 1. The molecule has 0 saturated heterocycles. The summed E-state index contributed by atoms with van der Waals surface area (Å²) in [5, 5.41) is 9.29. The second kappa shape index (κ2) is 8.99. The van der Waals surface area contributed by atoms with Crippen molar-refractivity contribution < 1.29 is 9.90 Å². The Morgan fingerprint density at radius 3 is 2.25 bits per heavy atom. The van der Waals surface area contributed by atoms with Crippen LogP contribution in [0.2, 0.25) is 0 Å². The molecule has 0 aliphatic rings. The van der Waals surface area contributed by atoms with Crippen LogP contribution < -0.4 is 0 Å². The predicted octanol–water partition coefficient (Wildman–Crippen LogP) is 4.85. The number of thiazole rings is 2. The van der Waals surface area contributed by atoms with E-state index in [1.165, 1.54) is 22.7 Å². The molecule has 2 rings (SSSR count). The Morgan fingerprint density at radius 1 is 1.25 bits per heavy atom. The minimum absolute atomic E-state index is 0.156. The predicted molar refractivity (Wildman–Crippen MR) is 89.5 cm³/mol. The lowest BCUT2D eigenvalue weighted by Crippen LogP contribution is -1.90. The van der Waals surface area contributed by atoms with Crippen LogP contribution in [0.4, 0.5) is 0 Å². The fourth-order valence-corrected chi connectivity index (χ4v) is 3.82. The third-order valence-electron chi connectivity index (χ3n) is 2.28. The molecule has 0 amide bonds. The molecule has 0 bridgehead atoms. The fourth-order valence-electron chi connectivity index (χ4n) is 1.18. The summed E-state index contributed by atoms with van der Waals surface area (Å²) >= 11 is 9.26. The van der Waals surface area contributed by atoms with Gasteiger partial charge in [0.1, 0.15) is 0 Å². The Labute approximate surface area is 142 Å². The summed E-state index contributed by atoms with van der Waals surface area (Å²) in [6.07, 6.45) is 4.25. The Balaban J connectivity index is 0.000000200. The molecule has 8 heteroatoms. The molecule has 1 atom stereocenters. The SMILES string of the molecule is CCC(=O)c1cnc(Br)s1.CCC(O)c1cnc(Br)s1. The monoisotopic (exact) mass is 440 g/mol. The number of Topliss-reactive ketones (excluding diaryl/α,β-unsaturated/α-hetero) is 1. The quantitative estimate of drug-likeness (QED) is 0.689. The van der Waals surface area contributed by atoms with Crippen LogP contribution in [-0.4, -0.2) is 20.9 Å². The van der Waals surface area contributed by atoms with Crippen molar-refractivity contribution in [3.63, 3.8) is 0 Å². The largest absolute Gasteiger partial charge is 0.388 e. The van der Waals surface area contributed by atoms with Crippen molar-refractivity contribution in [2.24, 2.45) is 0 Å². The molecule has 2 aromatic rings. The first-order chi connectivity index (χ1) is 9.47. The first-order valence-electron chi connectivity index (χ1n) is 5.91. The number of aliphatic hydroxyl groups excluding tert-OH is 1. The number of ketones is 1. The minimum Gasteiger partial charge on any atom is -0.388 e. The zero-order valence-electron chi connectivity index (χ0n) is 11.0. The van der Waals surface area contributed by atoms with Gasteiger partial charge in [0.2, 0.25) is 0 Å². The summed E-state index contributed by atoms with van der Waals surface area (Å²) in [6.45, 7) is 3.79. The Morgan fingerprint density at radius 2 is 1.85 bits per heavy atom. The van der Waals surface area contributed by atoms with E-state index in [4.69, 9.17) is 0 Å². The van der Waals surface area contributed by atoms with Gasteiger partial charge in [-0.15, -0.1) is 22.7 Å². The second-order valence-corrected chi connectivity index (χ2v) is 8.34. The second-order valence-electron chi connectivity index (χ2n) is 3.69. The normalized spacial score (nSPS) is 11.7. The van der Waals surface area contributed by atoms with E-state index in [-0.39, 0.29) is 11.9 Å². The van der Waals surface area contributed by atoms with Crippen LogP contribution in [0.25, 0.3) is 0 Å². The lowest BCUT2D eigenvalue weighted by molar-refractivity contribution is 0.0992. The van der Waals surface area contributed by atoms with Crippen molar-refractivity contribution >= 4 is 60.3 Å². The highest BCUT2D eigenvalue weighted by Gasteiger charge is 2.07. The molecular weight excluding hydrogens is 428 g/mol. The summed E-state index contributed by atoms with van der Waals surface area (Å²) in [5.74, 6) is 0.156. The maximum absolute atomic E-state index is 11.0. The number of rotatable bonds is 4. The van der Waals surface area contributed by atoms with E-state index in [2.05, 4.69) is 41.8 Å². The van der Waals surface area contributed by atoms with E-state index in [0.29, 0.717) is 6.42 Å². The average Bonchev–Trinajstić information content (AvgIpc) is 3.06. The number of nitrogens with zero attached hydrogens (tertiary/aromatic N) is 2. The molecule has 0 spiro atoms. The Hall–Kier alpha value is -0.150. The molecule has 2 heterocycles. The third-order valence-corrected chi connectivity index (χ3v) is 5.38. The summed E-state index contributed by atoms with van der Waals surface area (Å²) in [7, 11) is 0. The minimum atomic E-state index is -0.344. The van der Waals surface area contributed by atoms with E-state index in [1.54, 1.807) is 12.4 Å². The molecule has 0 fully saturated rings. The van der Waals surface area contributed by atoms with Crippen LogP contribution in [-0.2, 0) is 0 Å². The fraction of sp³-hybridized carbons (Fsp3) is 0.417. The molecular formula is C12H14Br2N2O2S2. The third kappa shape index (κ3) is 5.69. The van der Waals surface area contributed by atoms with Crippen LogP contribution in [0.5, 0.6) is 0 Å². The highest BCUT2D eigenvalue weighted by Crippen LogP contribution is 2.25. The molecule has 0 aromatic carbocycles. The van der Waals surface area contributed by atoms with Crippen molar-refractivity contribution in [1.82, 2.24) is 9.97 Å². The van der Waals surface area contributed by atoms with Gasteiger partial charge in [-0.25, -0.2) is 9.97 Å². The Kier molecular flexibility index (Phi) is 8.04. The summed E-state index contributed by atoms with van der Waals surface area (Å²) < 4.78 is 1.60. The first-order valence-corrected chi connectivity index (χ1v) is 9.13. The molecule has 4 nitrogen and oxygen atoms in total. The lowest BCUT2D eigenvalue weighted by atomic mass is 10.2. The molecule has 110 valence electrons. The molecule has 0 aliphatic carbocycles. The van der Waals surface area contributed by atoms with Gasteiger partial charge in [0.25, 0.3) is 0 Å². The maximum atomic E-state index is 11.0. The number of carbonyl (C=O) groups excluding carboxylic acids is 1. The van der Waals surface area contributed by atoms with Gasteiger partial charge in [-0.2, -0.15) is 0 Å². The average molecular weight is 442 g/mol. The Bertz CT molecular complexity index is 557. The lowest BCUT2D eigenvalue weighted by Gasteiger charge is -2.00. The highest BCUT2D eigenvalue weighted by atomic mass is 79.9. The number of aromatic nitrogens is 2. The van der Waals surface area contributed by atoms with Gasteiger partial charge in [0.15, 0.2) is 13.6 Å². The standard InChI is InChI=1S/C6H8BrNOS.C6H6BrNOS/c2*1-2-4(9)5-3-8-6(7)10-5/h3-4,9H,2H2,1H3;3H,2H2,1H3. The summed E-state index contributed by atoms with van der Waals surface area (Å²) in [4.78, 5) is 20.5. The van der Waals surface area contributed by atoms with E-state index < -0.39 is 0 Å². The van der Waals surface area contributed by atoms with Gasteiger partial charge in [-0.1, -0.05) is 13.8 Å². The van der Waals surface area contributed by atoms with E-state index >= 15 is 0 Å². The van der Waals surface area contributed by atoms with Crippen molar-refractivity contribution in [3.8, 4) is 0 Å². The molecule has 2 aromatic heterocycles. The van der Waals surface area contributed by atoms with Gasteiger partial charge in [-0.3, -0.25) is 4.79 Å². The number of aliphatic hydroxyl groups is 1. The molecule has 1 unspecified atom stereocenters. The van der Waals surface area contributed by atoms with Crippen molar-refractivity contribution in [2.45, 2.75) is 32.8 Å². The molecule has 0 radical (unpaired) electrons. The zero-order chi connectivity index (χ0) is 15.1. The zero-order valence-corrected chi connectivity index (χ0v) is 15.8. The molecule has 20 heavy (non-hydrogen) atoms.